The quantitative estimate of drug-likeness (QED) is 0.829. The molecular weight excluding hydrogens is 250 g/mol. The molecule has 1 saturated heterocycles. The predicted molar refractivity (Wildman–Crippen MR) is 81.5 cm³/mol. The third-order valence-electron chi connectivity index (χ3n) is 4.23. The Balaban J connectivity index is 1.81. The van der Waals surface area contributed by atoms with E-state index in [0.29, 0.717) is 0 Å². The molecule has 0 amide bonds. The average Bonchev–Trinajstić information content (AvgIpc) is 2.79. The van der Waals surface area contributed by atoms with E-state index in [-0.39, 0.29) is 0 Å². The first-order chi connectivity index (χ1) is 9.83. The summed E-state index contributed by atoms with van der Waals surface area (Å²) in [5.41, 5.74) is 1.04. The summed E-state index contributed by atoms with van der Waals surface area (Å²) in [6.07, 6.45) is 8.83. The van der Waals surface area contributed by atoms with Crippen LogP contribution in [0.4, 0.5) is 0 Å². The molecule has 1 aromatic rings. The third-order valence-corrected chi connectivity index (χ3v) is 4.23. The van der Waals surface area contributed by atoms with E-state index in [1.807, 2.05) is 4.68 Å². The molecule has 1 aliphatic heterocycles. The van der Waals surface area contributed by atoms with E-state index < -0.39 is 0 Å². The van der Waals surface area contributed by atoms with Crippen molar-refractivity contribution in [1.82, 2.24) is 25.2 Å². The van der Waals surface area contributed by atoms with Crippen molar-refractivity contribution in [3.8, 4) is 0 Å². The maximum Gasteiger partial charge on any atom is 0.0964 e. The topological polar surface area (TPSA) is 46.0 Å². The van der Waals surface area contributed by atoms with Gasteiger partial charge in [-0.05, 0) is 32.4 Å². The largest absolute Gasteiger partial charge is 0.311 e. The molecule has 114 valence electrons. The maximum absolute atomic E-state index is 4.23. The lowest BCUT2D eigenvalue weighted by molar-refractivity contribution is 0.184. The summed E-state index contributed by atoms with van der Waals surface area (Å²) in [5.74, 6) is 0. The van der Waals surface area contributed by atoms with Crippen molar-refractivity contribution in [3.63, 3.8) is 0 Å². The van der Waals surface area contributed by atoms with E-state index in [4.69, 9.17) is 0 Å². The summed E-state index contributed by atoms with van der Waals surface area (Å²) >= 11 is 0. The zero-order valence-electron chi connectivity index (χ0n) is 13.0. The molecule has 0 aliphatic carbocycles. The zero-order valence-corrected chi connectivity index (χ0v) is 13.0. The standard InChI is InChI=1S/C15H29N5/c1-3-15-8-6-5-7-9-19(15)10-11-20-13-14(17-18-20)12-16-4-2/h13,15-16H,3-12H2,1-2H3. The van der Waals surface area contributed by atoms with Gasteiger partial charge in [-0.25, -0.2) is 0 Å². The van der Waals surface area contributed by atoms with Gasteiger partial charge in [-0.2, -0.15) is 0 Å². The van der Waals surface area contributed by atoms with Crippen LogP contribution in [0.5, 0.6) is 0 Å². The summed E-state index contributed by atoms with van der Waals surface area (Å²) in [6.45, 7) is 9.51. The number of rotatable bonds is 7. The monoisotopic (exact) mass is 279 g/mol. The minimum atomic E-state index is 0.766. The van der Waals surface area contributed by atoms with Crippen LogP contribution < -0.4 is 5.32 Å². The van der Waals surface area contributed by atoms with Crippen LogP contribution in [0.2, 0.25) is 0 Å². The van der Waals surface area contributed by atoms with Gasteiger partial charge in [-0.1, -0.05) is 31.9 Å². The van der Waals surface area contributed by atoms with E-state index in [9.17, 15) is 0 Å². The molecule has 2 rings (SSSR count). The first kappa shape index (κ1) is 15.4. The lowest BCUT2D eigenvalue weighted by atomic mass is 10.1. The van der Waals surface area contributed by atoms with Crippen LogP contribution in [0, 0.1) is 0 Å². The first-order valence-electron chi connectivity index (χ1n) is 8.17. The fourth-order valence-corrected chi connectivity index (χ4v) is 3.01. The van der Waals surface area contributed by atoms with Gasteiger partial charge >= 0.3 is 0 Å². The van der Waals surface area contributed by atoms with Crippen molar-refractivity contribution >= 4 is 0 Å². The molecule has 0 spiro atoms. The van der Waals surface area contributed by atoms with Crippen molar-refractivity contribution in [2.24, 2.45) is 0 Å². The van der Waals surface area contributed by atoms with Crippen LogP contribution in [0.25, 0.3) is 0 Å². The molecule has 5 heteroatoms. The Labute approximate surface area is 122 Å². The van der Waals surface area contributed by atoms with Gasteiger partial charge in [0.1, 0.15) is 0 Å². The number of hydrogen-bond acceptors (Lipinski definition) is 4. The normalized spacial score (nSPS) is 21.0. The molecule has 1 unspecified atom stereocenters. The molecule has 1 aliphatic rings. The third kappa shape index (κ3) is 4.56. The Morgan fingerprint density at radius 1 is 1.25 bits per heavy atom. The van der Waals surface area contributed by atoms with E-state index in [2.05, 4.69) is 40.6 Å². The zero-order chi connectivity index (χ0) is 14.2. The molecule has 2 heterocycles. The van der Waals surface area contributed by atoms with Crippen molar-refractivity contribution < 1.29 is 0 Å². The summed E-state index contributed by atoms with van der Waals surface area (Å²) in [4.78, 5) is 2.65. The number of hydrogen-bond donors (Lipinski definition) is 1. The number of aromatic nitrogens is 3. The van der Waals surface area contributed by atoms with Gasteiger partial charge in [0.2, 0.25) is 0 Å². The van der Waals surface area contributed by atoms with Crippen LogP contribution >= 0.6 is 0 Å². The van der Waals surface area contributed by atoms with Gasteiger partial charge in [0.25, 0.3) is 0 Å². The van der Waals surface area contributed by atoms with Gasteiger partial charge in [0, 0.05) is 25.3 Å². The average molecular weight is 279 g/mol. The molecule has 0 bridgehead atoms. The smallest absolute Gasteiger partial charge is 0.0964 e. The van der Waals surface area contributed by atoms with Gasteiger partial charge < -0.3 is 5.32 Å². The minimum absolute atomic E-state index is 0.766. The molecule has 1 atom stereocenters. The fraction of sp³-hybridized carbons (Fsp3) is 0.867. The van der Waals surface area contributed by atoms with Crippen LogP contribution in [-0.2, 0) is 13.1 Å². The van der Waals surface area contributed by atoms with Crippen molar-refractivity contribution in [3.05, 3.63) is 11.9 Å². The SMILES string of the molecule is CCNCc1cn(CCN2CCCCCC2CC)nn1. The second-order valence-electron chi connectivity index (χ2n) is 5.70. The summed E-state index contributed by atoms with van der Waals surface area (Å²) in [5, 5.41) is 11.7. The Morgan fingerprint density at radius 3 is 2.95 bits per heavy atom. The molecule has 0 aromatic carbocycles. The maximum atomic E-state index is 4.23. The molecule has 1 aromatic heterocycles. The fourth-order valence-electron chi connectivity index (χ4n) is 3.01. The highest BCUT2D eigenvalue weighted by Crippen LogP contribution is 2.18. The highest BCUT2D eigenvalue weighted by atomic mass is 15.4. The molecule has 20 heavy (non-hydrogen) atoms. The van der Waals surface area contributed by atoms with E-state index in [0.717, 1.165) is 37.9 Å². The number of nitrogens with zero attached hydrogens (tertiary/aromatic N) is 4. The Bertz CT molecular complexity index is 376. The van der Waals surface area contributed by atoms with Crippen LogP contribution in [0.15, 0.2) is 6.20 Å². The van der Waals surface area contributed by atoms with Crippen LogP contribution in [0.1, 0.15) is 51.6 Å². The second kappa shape index (κ2) is 8.37. The summed E-state index contributed by atoms with van der Waals surface area (Å²) in [6, 6.07) is 0.766. The molecule has 1 N–H and O–H groups in total. The Hall–Kier alpha value is -0.940. The van der Waals surface area contributed by atoms with Crippen LogP contribution in [0.3, 0.4) is 0 Å². The van der Waals surface area contributed by atoms with Gasteiger partial charge in [0.05, 0.1) is 12.2 Å². The van der Waals surface area contributed by atoms with E-state index in [1.165, 1.54) is 38.6 Å². The highest BCUT2D eigenvalue weighted by Gasteiger charge is 2.18. The molecule has 5 nitrogen and oxygen atoms in total. The lowest BCUT2D eigenvalue weighted by Crippen LogP contribution is -2.36. The lowest BCUT2D eigenvalue weighted by Gasteiger charge is -2.28. The molecule has 0 radical (unpaired) electrons. The van der Waals surface area contributed by atoms with Crippen LogP contribution in [-0.4, -0.2) is 45.6 Å². The van der Waals surface area contributed by atoms with Gasteiger partial charge in [-0.3, -0.25) is 9.58 Å². The van der Waals surface area contributed by atoms with Gasteiger partial charge in [-0.15, -0.1) is 5.10 Å². The van der Waals surface area contributed by atoms with Crippen molar-refractivity contribution in [2.75, 3.05) is 19.6 Å². The highest BCUT2D eigenvalue weighted by molar-refractivity contribution is 4.91. The Morgan fingerprint density at radius 2 is 2.15 bits per heavy atom. The minimum Gasteiger partial charge on any atom is -0.311 e. The van der Waals surface area contributed by atoms with Crippen molar-refractivity contribution in [2.45, 2.75) is 65.1 Å². The first-order valence-corrected chi connectivity index (χ1v) is 8.17. The number of nitrogens with one attached hydrogen (secondary N) is 1. The predicted octanol–water partition coefficient (Wildman–Crippen LogP) is 2.04. The van der Waals surface area contributed by atoms with E-state index in [1.54, 1.807) is 0 Å². The Kier molecular flexibility index (Phi) is 6.47. The summed E-state index contributed by atoms with van der Waals surface area (Å²) < 4.78 is 1.99. The summed E-state index contributed by atoms with van der Waals surface area (Å²) in [7, 11) is 0. The second-order valence-corrected chi connectivity index (χ2v) is 5.70. The molecule has 1 fully saturated rings. The molecular formula is C15H29N5. The van der Waals surface area contributed by atoms with Gasteiger partial charge in [0.15, 0.2) is 0 Å². The van der Waals surface area contributed by atoms with Crippen molar-refractivity contribution in [1.29, 1.82) is 0 Å². The number of likely N-dealkylation sites (tertiary alicyclic amines) is 1. The van der Waals surface area contributed by atoms with E-state index >= 15 is 0 Å². The molecule has 0 saturated carbocycles.